The van der Waals surface area contributed by atoms with Crippen LogP contribution in [0, 0.1) is 5.92 Å². The molecule has 1 aliphatic rings. The summed E-state index contributed by atoms with van der Waals surface area (Å²) in [5, 5.41) is 5.51. The van der Waals surface area contributed by atoms with Crippen molar-refractivity contribution in [3.8, 4) is 0 Å². The Morgan fingerprint density at radius 2 is 2.00 bits per heavy atom. The number of carbonyl (C=O) groups excluding carboxylic acids is 1. The number of benzene rings is 1. The van der Waals surface area contributed by atoms with Crippen LogP contribution in [0.15, 0.2) is 41.9 Å². The molecule has 0 bridgehead atoms. The van der Waals surface area contributed by atoms with Crippen molar-refractivity contribution < 1.29 is 9.53 Å². The Kier molecular flexibility index (Phi) is 7.86. The van der Waals surface area contributed by atoms with Crippen LogP contribution >= 0.6 is 11.3 Å². The van der Waals surface area contributed by atoms with Crippen LogP contribution in [0.5, 0.6) is 0 Å². The number of urea groups is 1. The van der Waals surface area contributed by atoms with Gasteiger partial charge in [0.1, 0.15) is 0 Å². The molecule has 0 unspecified atom stereocenters. The summed E-state index contributed by atoms with van der Waals surface area (Å²) < 4.78 is 6.11. The first-order chi connectivity index (χ1) is 13.6. The minimum atomic E-state index is -0.0238. The lowest BCUT2D eigenvalue weighted by Crippen LogP contribution is -2.46. The number of hydrogen-bond acceptors (Lipinski definition) is 4. The number of rotatable bonds is 8. The average Bonchev–Trinajstić information content (AvgIpc) is 3.21. The van der Waals surface area contributed by atoms with Gasteiger partial charge in [-0.3, -0.25) is 5.32 Å². The van der Waals surface area contributed by atoms with Gasteiger partial charge in [0.25, 0.3) is 0 Å². The molecule has 1 saturated carbocycles. The summed E-state index contributed by atoms with van der Waals surface area (Å²) in [5.74, 6) is 0.570. The van der Waals surface area contributed by atoms with E-state index in [0.717, 1.165) is 38.6 Å². The predicted octanol–water partition coefficient (Wildman–Crippen LogP) is 5.55. The van der Waals surface area contributed by atoms with Gasteiger partial charge in [0.05, 0.1) is 12.7 Å². The normalized spacial score (nSPS) is 19.5. The Balaban J connectivity index is 1.51. The van der Waals surface area contributed by atoms with Gasteiger partial charge < -0.3 is 9.64 Å². The summed E-state index contributed by atoms with van der Waals surface area (Å²) in [6, 6.07) is 10.6. The zero-order valence-corrected chi connectivity index (χ0v) is 17.7. The number of hydrogen-bond donors (Lipinski definition) is 1. The predicted molar refractivity (Wildman–Crippen MR) is 115 cm³/mol. The number of amides is 2. The molecule has 5 nitrogen and oxygen atoms in total. The molecule has 0 radical (unpaired) electrons. The van der Waals surface area contributed by atoms with Gasteiger partial charge in [-0.2, -0.15) is 0 Å². The first kappa shape index (κ1) is 20.8. The number of anilines is 1. The fraction of sp³-hybridized carbons (Fsp3) is 0.545. The number of carbonyl (C=O) groups is 1. The molecule has 1 aliphatic carbocycles. The van der Waals surface area contributed by atoms with E-state index in [1.807, 2.05) is 28.5 Å². The standard InChI is InChI=1S/C22H31N3O2S/c1-17(2)12-14-25(22(26)24-21-23-13-15-28-21)19-8-10-20(11-9-19)27-16-18-6-4-3-5-7-18/h3-7,13,15,17,19-20H,8-12,14,16H2,1-2H3,(H,23,24,26). The maximum absolute atomic E-state index is 12.9. The van der Waals surface area contributed by atoms with Gasteiger partial charge >= 0.3 is 6.03 Å². The van der Waals surface area contributed by atoms with Gasteiger partial charge in [0.2, 0.25) is 0 Å². The Morgan fingerprint density at radius 1 is 1.25 bits per heavy atom. The third-order valence-corrected chi connectivity index (χ3v) is 5.96. The summed E-state index contributed by atoms with van der Waals surface area (Å²) in [6.45, 7) is 5.85. The molecule has 1 aromatic heterocycles. The topological polar surface area (TPSA) is 54.5 Å². The first-order valence-electron chi connectivity index (χ1n) is 10.2. The minimum Gasteiger partial charge on any atom is -0.374 e. The summed E-state index contributed by atoms with van der Waals surface area (Å²) in [5.41, 5.74) is 1.21. The number of thiazole rings is 1. The van der Waals surface area contributed by atoms with E-state index in [0.29, 0.717) is 17.7 Å². The maximum Gasteiger partial charge on any atom is 0.323 e. The highest BCUT2D eigenvalue weighted by Gasteiger charge is 2.29. The molecule has 0 spiro atoms. The van der Waals surface area contributed by atoms with Gasteiger partial charge in [-0.15, -0.1) is 11.3 Å². The molecule has 1 fully saturated rings. The third-order valence-electron chi connectivity index (χ3n) is 5.27. The number of nitrogens with one attached hydrogen (secondary N) is 1. The maximum atomic E-state index is 12.9. The second-order valence-corrected chi connectivity index (χ2v) is 8.77. The quantitative estimate of drug-likeness (QED) is 0.631. The molecule has 152 valence electrons. The molecule has 0 aliphatic heterocycles. The van der Waals surface area contributed by atoms with Crippen molar-refractivity contribution in [2.24, 2.45) is 5.92 Å². The van der Waals surface area contributed by atoms with E-state index in [2.05, 4.69) is 36.3 Å². The Labute approximate surface area is 172 Å². The van der Waals surface area contributed by atoms with E-state index < -0.39 is 0 Å². The van der Waals surface area contributed by atoms with Crippen molar-refractivity contribution in [3.05, 3.63) is 47.5 Å². The number of aromatic nitrogens is 1. The van der Waals surface area contributed by atoms with Gasteiger partial charge in [-0.05, 0) is 43.6 Å². The molecule has 2 aromatic rings. The Bertz CT molecular complexity index is 698. The average molecular weight is 402 g/mol. The first-order valence-corrected chi connectivity index (χ1v) is 11.1. The van der Waals surface area contributed by atoms with E-state index >= 15 is 0 Å². The van der Waals surface area contributed by atoms with Gasteiger partial charge in [0, 0.05) is 24.2 Å². The van der Waals surface area contributed by atoms with Crippen LogP contribution in [0.4, 0.5) is 9.93 Å². The molecule has 28 heavy (non-hydrogen) atoms. The van der Waals surface area contributed by atoms with Crippen LogP contribution in [0.2, 0.25) is 0 Å². The minimum absolute atomic E-state index is 0.0238. The van der Waals surface area contributed by atoms with Gasteiger partial charge in [-0.25, -0.2) is 9.78 Å². The largest absolute Gasteiger partial charge is 0.374 e. The zero-order chi connectivity index (χ0) is 19.8. The van der Waals surface area contributed by atoms with Gasteiger partial charge in [-0.1, -0.05) is 44.2 Å². The van der Waals surface area contributed by atoms with E-state index in [4.69, 9.17) is 4.74 Å². The molecule has 0 saturated heterocycles. The van der Waals surface area contributed by atoms with E-state index in [1.54, 1.807) is 6.20 Å². The highest BCUT2D eigenvalue weighted by Crippen LogP contribution is 2.27. The van der Waals surface area contributed by atoms with E-state index in [9.17, 15) is 4.79 Å². The van der Waals surface area contributed by atoms with Crippen molar-refractivity contribution in [2.45, 2.75) is 64.7 Å². The molecule has 2 amide bonds. The highest BCUT2D eigenvalue weighted by molar-refractivity contribution is 7.13. The molecule has 1 heterocycles. The SMILES string of the molecule is CC(C)CCN(C(=O)Nc1nccs1)C1CCC(OCc2ccccc2)CC1. The van der Waals surface area contributed by atoms with Crippen molar-refractivity contribution >= 4 is 22.5 Å². The molecule has 3 rings (SSSR count). The second kappa shape index (κ2) is 10.6. The lowest BCUT2D eigenvalue weighted by Gasteiger charge is -2.37. The van der Waals surface area contributed by atoms with Crippen molar-refractivity contribution in [3.63, 3.8) is 0 Å². The van der Waals surface area contributed by atoms with E-state index in [1.165, 1.54) is 16.9 Å². The second-order valence-electron chi connectivity index (χ2n) is 7.87. The Hall–Kier alpha value is -1.92. The van der Waals surface area contributed by atoms with Crippen LogP contribution in [0.25, 0.3) is 0 Å². The van der Waals surface area contributed by atoms with Gasteiger partial charge in [0.15, 0.2) is 5.13 Å². The Morgan fingerprint density at radius 3 is 2.64 bits per heavy atom. The molecule has 0 atom stereocenters. The fourth-order valence-electron chi connectivity index (χ4n) is 3.61. The summed E-state index contributed by atoms with van der Waals surface area (Å²) in [6.07, 6.45) is 6.99. The summed E-state index contributed by atoms with van der Waals surface area (Å²) in [7, 11) is 0. The van der Waals surface area contributed by atoms with Crippen LogP contribution in [0.3, 0.4) is 0 Å². The fourth-order valence-corrected chi connectivity index (χ4v) is 4.13. The molecule has 1 aromatic carbocycles. The van der Waals surface area contributed by atoms with Crippen molar-refractivity contribution in [1.29, 1.82) is 0 Å². The number of ether oxygens (including phenoxy) is 1. The smallest absolute Gasteiger partial charge is 0.323 e. The molecular weight excluding hydrogens is 370 g/mol. The van der Waals surface area contributed by atoms with Crippen LogP contribution in [-0.4, -0.2) is 34.6 Å². The van der Waals surface area contributed by atoms with Crippen molar-refractivity contribution in [2.75, 3.05) is 11.9 Å². The highest BCUT2D eigenvalue weighted by atomic mass is 32.1. The van der Waals surface area contributed by atoms with Crippen LogP contribution in [-0.2, 0) is 11.3 Å². The molecule has 1 N–H and O–H groups in total. The van der Waals surface area contributed by atoms with Crippen LogP contribution < -0.4 is 5.32 Å². The lowest BCUT2D eigenvalue weighted by atomic mass is 9.91. The van der Waals surface area contributed by atoms with Crippen LogP contribution in [0.1, 0.15) is 51.5 Å². The lowest BCUT2D eigenvalue weighted by molar-refractivity contribution is 0.00224. The zero-order valence-electron chi connectivity index (χ0n) is 16.8. The monoisotopic (exact) mass is 401 g/mol. The third kappa shape index (κ3) is 6.31. The summed E-state index contributed by atoms with van der Waals surface area (Å²) >= 11 is 1.45. The molecular formula is C22H31N3O2S. The summed E-state index contributed by atoms with van der Waals surface area (Å²) in [4.78, 5) is 19.1. The van der Waals surface area contributed by atoms with E-state index in [-0.39, 0.29) is 18.2 Å². The number of nitrogens with zero attached hydrogens (tertiary/aromatic N) is 2. The van der Waals surface area contributed by atoms with Crippen molar-refractivity contribution in [1.82, 2.24) is 9.88 Å². The molecule has 6 heteroatoms.